The van der Waals surface area contributed by atoms with Gasteiger partial charge in [-0.05, 0) is 6.07 Å². The van der Waals surface area contributed by atoms with Gasteiger partial charge in [0.1, 0.15) is 5.22 Å². The molecule has 1 aromatic carbocycles. The molecular formula is C8H5O2+. The van der Waals surface area contributed by atoms with Crippen molar-refractivity contribution in [2.75, 3.05) is 0 Å². The molecule has 0 saturated heterocycles. The summed E-state index contributed by atoms with van der Waals surface area (Å²) >= 11 is 0. The summed E-state index contributed by atoms with van der Waals surface area (Å²) in [6.45, 7) is 0. The standard InChI is InChI=1S/C8H4O2/c9-8-5-6-3-1-2-4-7(6)10-8/h1-4H/p+1. The van der Waals surface area contributed by atoms with Crippen LogP contribution >= 0.6 is 0 Å². The molecule has 0 atom stereocenters. The highest BCUT2D eigenvalue weighted by atomic mass is 16.5. The normalized spacial score (nSPS) is 13.0. The molecule has 1 aliphatic heterocycles. The second-order valence-electron chi connectivity index (χ2n) is 2.03. The zero-order valence-electron chi connectivity index (χ0n) is 5.16. The zero-order chi connectivity index (χ0) is 6.97. The number of fused-ring (bicyclic) bond motifs is 1. The molecule has 1 N–H and O–H groups in total. The number of para-hydroxylation sites is 1. The third-order valence-electron chi connectivity index (χ3n) is 1.34. The molecule has 1 aromatic rings. The van der Waals surface area contributed by atoms with Crippen molar-refractivity contribution in [1.82, 2.24) is 0 Å². The molecule has 0 saturated carbocycles. The summed E-state index contributed by atoms with van der Waals surface area (Å²) in [6, 6.07) is 7.33. The van der Waals surface area contributed by atoms with E-state index < -0.39 is 0 Å². The van der Waals surface area contributed by atoms with Crippen LogP contribution in [0.3, 0.4) is 0 Å². The van der Waals surface area contributed by atoms with Crippen molar-refractivity contribution in [2.45, 2.75) is 0 Å². The Labute approximate surface area is 57.1 Å². The lowest BCUT2D eigenvalue weighted by molar-refractivity contribution is 0.432. The van der Waals surface area contributed by atoms with Crippen LogP contribution in [0.1, 0.15) is 0 Å². The van der Waals surface area contributed by atoms with Crippen LogP contribution in [0.2, 0.25) is 0 Å². The minimum atomic E-state index is -0.152. The van der Waals surface area contributed by atoms with Gasteiger partial charge in [-0.25, -0.2) is 0 Å². The minimum Gasteiger partial charge on any atom is -0.328 e. The Balaban J connectivity index is 2.99. The van der Waals surface area contributed by atoms with Crippen molar-refractivity contribution in [3.63, 3.8) is 0 Å². The summed E-state index contributed by atoms with van der Waals surface area (Å²) in [6.07, 6.45) is 0. The van der Waals surface area contributed by atoms with E-state index in [4.69, 9.17) is 9.53 Å². The molecule has 0 spiro atoms. The number of hydrogen-bond acceptors (Lipinski definition) is 1. The molecule has 0 aliphatic carbocycles. The number of aliphatic hydroxyl groups is 1. The van der Waals surface area contributed by atoms with Crippen LogP contribution in [-0.2, 0) is 0 Å². The molecule has 2 nitrogen and oxygen atoms in total. The second-order valence-corrected chi connectivity index (χ2v) is 2.03. The van der Waals surface area contributed by atoms with Crippen molar-refractivity contribution in [3.05, 3.63) is 45.3 Å². The molecule has 0 amide bonds. The van der Waals surface area contributed by atoms with E-state index in [2.05, 4.69) is 5.73 Å². The summed E-state index contributed by atoms with van der Waals surface area (Å²) in [5, 5.41) is 9.64. The zero-order valence-corrected chi connectivity index (χ0v) is 5.16. The topological polar surface area (TPSA) is 31.5 Å². The van der Waals surface area contributed by atoms with Gasteiger partial charge in [-0.15, -0.1) is 0 Å². The summed E-state index contributed by atoms with van der Waals surface area (Å²) in [5.41, 5.74) is 3.31. The van der Waals surface area contributed by atoms with Crippen LogP contribution in [0.5, 0.6) is 0 Å². The molecule has 2 heteroatoms. The van der Waals surface area contributed by atoms with Gasteiger partial charge in [0, 0.05) is 6.07 Å². The summed E-state index contributed by atoms with van der Waals surface area (Å²) < 4.78 is 4.87. The van der Waals surface area contributed by atoms with Gasteiger partial charge in [0.05, 0.1) is 5.73 Å². The fourth-order valence-corrected chi connectivity index (χ4v) is 0.904. The van der Waals surface area contributed by atoms with E-state index in [0.29, 0.717) is 5.43 Å². The Morgan fingerprint density at radius 3 is 2.90 bits per heavy atom. The Morgan fingerprint density at radius 1 is 1.30 bits per heavy atom. The van der Waals surface area contributed by atoms with Crippen molar-refractivity contribution in [2.24, 2.45) is 0 Å². The van der Waals surface area contributed by atoms with Crippen LogP contribution < -0.4 is 10.6 Å². The second kappa shape index (κ2) is 1.72. The number of hydrogen-bond donors (Lipinski definition) is 1. The predicted molar refractivity (Wildman–Crippen MR) is 37.5 cm³/mol. The van der Waals surface area contributed by atoms with Crippen molar-refractivity contribution < 1.29 is 5.11 Å². The average Bonchev–Trinajstić information content (AvgIpc) is 2.27. The first-order valence-corrected chi connectivity index (χ1v) is 2.96. The average molecular weight is 133 g/mol. The van der Waals surface area contributed by atoms with E-state index in [1.807, 2.05) is 18.2 Å². The number of rotatable bonds is 0. The molecule has 0 bridgehead atoms. The third kappa shape index (κ3) is 0.634. The predicted octanol–water partition coefficient (Wildman–Crippen LogP) is 0.0938. The van der Waals surface area contributed by atoms with E-state index >= 15 is 0 Å². The molecule has 1 heterocycles. The van der Waals surface area contributed by atoms with E-state index in [-0.39, 0.29) is 5.95 Å². The maximum Gasteiger partial charge on any atom is 0.566 e. The monoisotopic (exact) mass is 133 g/mol. The van der Waals surface area contributed by atoms with E-state index in [0.717, 1.165) is 5.22 Å². The van der Waals surface area contributed by atoms with Crippen molar-refractivity contribution in [3.8, 4) is 0 Å². The Hall–Kier alpha value is -1.53. The summed E-state index contributed by atoms with van der Waals surface area (Å²) in [7, 11) is 0. The maximum absolute atomic E-state index is 8.83. The fourth-order valence-electron chi connectivity index (χ4n) is 0.904. The van der Waals surface area contributed by atoms with Crippen LogP contribution in [-0.4, -0.2) is 5.11 Å². The lowest BCUT2D eigenvalue weighted by atomic mass is 10.3. The van der Waals surface area contributed by atoms with Crippen LogP contribution in [0.4, 0.5) is 0 Å². The van der Waals surface area contributed by atoms with Gasteiger partial charge in [0.25, 0.3) is 5.43 Å². The number of benzene rings is 1. The van der Waals surface area contributed by atoms with Crippen molar-refractivity contribution >= 4 is 5.73 Å². The van der Waals surface area contributed by atoms with Gasteiger partial charge in [0.15, 0.2) is 0 Å². The van der Waals surface area contributed by atoms with Gasteiger partial charge in [-0.3, -0.25) is 4.42 Å². The third-order valence-corrected chi connectivity index (χ3v) is 1.34. The molecule has 0 aromatic heterocycles. The van der Waals surface area contributed by atoms with Crippen LogP contribution in [0.15, 0.2) is 34.6 Å². The lowest BCUT2D eigenvalue weighted by Gasteiger charge is -1.72. The Bertz CT molecular complexity index is 411. The maximum atomic E-state index is 8.83. The van der Waals surface area contributed by atoms with Gasteiger partial charge in [0.2, 0.25) is 0 Å². The molecule has 0 fully saturated rings. The summed E-state index contributed by atoms with van der Waals surface area (Å²) in [4.78, 5) is 0. The van der Waals surface area contributed by atoms with Gasteiger partial charge in [-0.1, -0.05) is 12.1 Å². The molecule has 2 rings (SSSR count). The quantitative estimate of drug-likeness (QED) is 0.500. The van der Waals surface area contributed by atoms with Crippen LogP contribution in [0, 0.1) is 0 Å². The molecule has 0 unspecified atom stereocenters. The first-order chi connectivity index (χ1) is 4.86. The largest absolute Gasteiger partial charge is 0.566 e. The first kappa shape index (κ1) is 5.27. The fraction of sp³-hybridized carbons (Fsp3) is 0. The highest BCUT2D eigenvalue weighted by molar-refractivity contribution is 5.33. The lowest BCUT2D eigenvalue weighted by Crippen LogP contribution is -2.19. The van der Waals surface area contributed by atoms with E-state index in [1.54, 1.807) is 6.07 Å². The van der Waals surface area contributed by atoms with Crippen molar-refractivity contribution in [1.29, 1.82) is 0 Å². The molecule has 1 aliphatic rings. The minimum absolute atomic E-state index is 0.152. The molecule has 10 heavy (non-hydrogen) atoms. The molecule has 0 radical (unpaired) electrons. The van der Waals surface area contributed by atoms with E-state index in [1.165, 1.54) is 0 Å². The van der Waals surface area contributed by atoms with Gasteiger partial charge >= 0.3 is 5.95 Å². The smallest absolute Gasteiger partial charge is 0.328 e. The highest BCUT2D eigenvalue weighted by Crippen LogP contribution is 1.86. The molecule has 48 valence electrons. The Morgan fingerprint density at radius 2 is 2.10 bits per heavy atom. The highest BCUT2D eigenvalue weighted by Gasteiger charge is 2.06. The van der Waals surface area contributed by atoms with Crippen LogP contribution in [0.25, 0.3) is 5.73 Å². The number of aliphatic hydroxyl groups excluding tert-OH is 1. The van der Waals surface area contributed by atoms with Gasteiger partial charge < -0.3 is 5.11 Å². The van der Waals surface area contributed by atoms with Gasteiger partial charge in [-0.2, -0.15) is 0 Å². The molecular weight excluding hydrogens is 128 g/mol. The summed E-state index contributed by atoms with van der Waals surface area (Å²) in [5.74, 6) is -0.152. The first-order valence-electron chi connectivity index (χ1n) is 2.96. The SMILES string of the molecule is OC1=C=c2ccccc2=[O+]1. The Kier molecular flexibility index (Phi) is 0.908. The van der Waals surface area contributed by atoms with E-state index in [9.17, 15) is 0 Å².